The molecule has 3 saturated heterocycles. The summed E-state index contributed by atoms with van der Waals surface area (Å²) in [7, 11) is 0. The first-order chi connectivity index (χ1) is 27.7. The molecule has 59 heavy (non-hydrogen) atoms. The summed E-state index contributed by atoms with van der Waals surface area (Å²) < 4.78 is 80.0. The minimum absolute atomic E-state index is 0. The minimum Gasteiger partial charge on any atom is -1.00 e. The van der Waals surface area contributed by atoms with Gasteiger partial charge in [0.05, 0.1) is 3.57 Å². The third-order valence-corrected chi connectivity index (χ3v) is 13.8. The van der Waals surface area contributed by atoms with Crippen LogP contribution in [0.2, 0.25) is 0 Å². The maximum Gasteiger partial charge on any atom is 0.354 e. The van der Waals surface area contributed by atoms with Crippen molar-refractivity contribution in [2.45, 2.75) is 83.1 Å². The molecule has 4 aliphatic rings. The van der Waals surface area contributed by atoms with Crippen molar-refractivity contribution in [1.29, 1.82) is 0 Å². The Balaban J connectivity index is 0.000000212. The first-order valence-electron chi connectivity index (χ1n) is 18.7. The fraction of sp³-hybridized carbons (Fsp3) is 0.357. The van der Waals surface area contributed by atoms with Crippen molar-refractivity contribution < 1.29 is 55.3 Å². The molecule has 1 aliphatic carbocycles. The van der Waals surface area contributed by atoms with Gasteiger partial charge in [0.1, 0.15) is 11.6 Å². The van der Waals surface area contributed by atoms with Crippen LogP contribution in [0.5, 0.6) is 0 Å². The maximum absolute atomic E-state index is 15.0. The number of pyridine rings is 2. The number of amides is 2. The molecule has 4 aromatic rings. The lowest BCUT2D eigenvalue weighted by molar-refractivity contribution is -0.224. The molecule has 2 aromatic heterocycles. The first-order valence-corrected chi connectivity index (χ1v) is 20.8. The highest BCUT2D eigenvalue weighted by molar-refractivity contribution is 14.2. The molecule has 1 spiro atoms. The van der Waals surface area contributed by atoms with Crippen LogP contribution in [-0.2, 0) is 41.7 Å². The van der Waals surface area contributed by atoms with E-state index in [9.17, 15) is 32.3 Å². The van der Waals surface area contributed by atoms with Gasteiger partial charge in [-0.25, -0.2) is 31.5 Å². The Morgan fingerprint density at radius 2 is 1.12 bits per heavy atom. The van der Waals surface area contributed by atoms with E-state index in [0.717, 1.165) is 47.2 Å². The van der Waals surface area contributed by atoms with Gasteiger partial charge >= 0.3 is 11.9 Å². The zero-order chi connectivity index (χ0) is 41.3. The summed E-state index contributed by atoms with van der Waals surface area (Å²) in [6.07, 6.45) is 9.50. The molecule has 2 amide bonds. The first kappa shape index (κ1) is 43.4. The summed E-state index contributed by atoms with van der Waals surface area (Å²) in [5, 5.41) is 0. The predicted octanol–water partition coefficient (Wildman–Crippen LogP) is 4.19. The molecule has 2 atom stereocenters. The lowest BCUT2D eigenvalue weighted by atomic mass is 9.98. The Morgan fingerprint density at radius 1 is 0.695 bits per heavy atom. The Labute approximate surface area is 345 Å². The predicted molar refractivity (Wildman–Crippen MR) is 207 cm³/mol. The van der Waals surface area contributed by atoms with Crippen LogP contribution >= 0.6 is 20.7 Å². The summed E-state index contributed by atoms with van der Waals surface area (Å²) in [6.45, 7) is 5.34. The second-order valence-electron chi connectivity index (χ2n) is 14.9. The summed E-state index contributed by atoms with van der Waals surface area (Å²) in [5.41, 5.74) is 4.56. The molecule has 1 saturated carbocycles. The Hall–Kier alpha value is -5.20. The van der Waals surface area contributed by atoms with E-state index in [0.29, 0.717) is 50.1 Å². The summed E-state index contributed by atoms with van der Waals surface area (Å²) in [5.74, 6) is -9.40. The SMILES string of the molecule is Cc1cnccc1CN1CC(c2cc(F)c(I=C3C(=O)OC4(CCCC4)OC3=O)c(F)c2)CC1=O.Cc1cnccc1CN1CC(c2cc(F)c([18F])c(F)c2)CC1=O.[18F-]. The molecule has 2 aromatic carbocycles. The summed E-state index contributed by atoms with van der Waals surface area (Å²) >= 11 is -1.80. The van der Waals surface area contributed by atoms with Crippen LogP contribution in [0.4, 0.5) is 22.0 Å². The lowest BCUT2D eigenvalue weighted by Crippen LogP contribution is -3.00. The summed E-state index contributed by atoms with van der Waals surface area (Å²) in [4.78, 5) is 61.1. The molecule has 4 fully saturated rings. The van der Waals surface area contributed by atoms with Crippen molar-refractivity contribution in [3.8, 4) is 0 Å². The molecule has 10 nitrogen and oxygen atoms in total. The number of rotatable bonds is 7. The van der Waals surface area contributed by atoms with Crippen LogP contribution in [0, 0.1) is 46.5 Å². The largest absolute Gasteiger partial charge is 1.00 e. The number of ether oxygens (including phenoxy) is 2. The van der Waals surface area contributed by atoms with E-state index in [1.54, 1.807) is 34.6 Å². The number of carbonyl (C=O) groups is 4. The fourth-order valence-corrected chi connectivity index (χ4v) is 9.63. The highest BCUT2D eigenvalue weighted by Crippen LogP contribution is 2.39. The number of aromatic nitrogens is 2. The monoisotopic (exact) mass is 933 g/mol. The number of hydrogen-bond acceptors (Lipinski definition) is 8. The standard InChI is InChI=1S/C25H23F2IN2O5.C17H15F3N2O.FH/c1-14-11-29-7-4-15(14)12-30-13-17(10-20(30)31)16-8-18(26)21(19(27)9-16)28-22-23(32)34-25(35-24(22)33)5-2-3-6-25;1-10-7-21-3-2-11(10)8-22-9-13(6-16(22)23)12-4-14(18)17(20)15(19)5-12;/h4,7-9,11,17H,2-3,5-6,10,12-13H2,1H3;2-5,7,13H,6,8-9H2,1H3;1H/p-1/i;20-1;1-1. The van der Waals surface area contributed by atoms with Crippen molar-refractivity contribution in [2.24, 2.45) is 0 Å². The number of carbonyl (C=O) groups excluding carboxylic acids is 4. The van der Waals surface area contributed by atoms with Gasteiger partial charge in [0.15, 0.2) is 21.0 Å². The van der Waals surface area contributed by atoms with E-state index in [2.05, 4.69) is 9.97 Å². The van der Waals surface area contributed by atoms with E-state index < -0.39 is 67.5 Å². The van der Waals surface area contributed by atoms with Crippen LogP contribution in [0.25, 0.3) is 0 Å². The highest BCUT2D eigenvalue weighted by atomic mass is 127. The van der Waals surface area contributed by atoms with Crippen LogP contribution in [0.3, 0.4) is 0 Å². The Bertz CT molecular complexity index is 2270. The fourth-order valence-electron chi connectivity index (χ4n) is 7.60. The van der Waals surface area contributed by atoms with Gasteiger partial charge in [-0.05, 0) is 96.5 Å². The van der Waals surface area contributed by atoms with Gasteiger partial charge in [-0.2, -0.15) is 0 Å². The number of likely N-dealkylation sites (tertiary alicyclic amines) is 2. The number of hydrogen-bond donors (Lipinski definition) is 0. The zero-order valence-electron chi connectivity index (χ0n) is 31.9. The van der Waals surface area contributed by atoms with Gasteiger partial charge < -0.3 is 24.0 Å². The minimum atomic E-state index is -1.80. The van der Waals surface area contributed by atoms with Crippen molar-refractivity contribution in [3.05, 3.63) is 127 Å². The zero-order valence-corrected chi connectivity index (χ0v) is 34.0. The summed E-state index contributed by atoms with van der Waals surface area (Å²) in [6, 6.07) is 8.04. The normalized spacial score (nSPS) is 19.7. The molecule has 0 N–H and O–H groups in total. The van der Waals surface area contributed by atoms with Crippen molar-refractivity contribution in [1.82, 2.24) is 19.8 Å². The molecular formula is C42H38F6IN4O6-. The molecule has 3 aliphatic heterocycles. The average Bonchev–Trinajstić information content (AvgIpc) is 3.89. The van der Waals surface area contributed by atoms with E-state index in [1.165, 1.54) is 12.1 Å². The van der Waals surface area contributed by atoms with Crippen LogP contribution in [-0.4, -0.2) is 65.9 Å². The third-order valence-electron chi connectivity index (χ3n) is 10.8. The number of halogens is 7. The topological polar surface area (TPSA) is 119 Å². The molecule has 0 radical (unpaired) electrons. The van der Waals surface area contributed by atoms with Gasteiger partial charge in [0, 0.05) is 88.5 Å². The number of esters is 2. The Kier molecular flexibility index (Phi) is 13.2. The third kappa shape index (κ3) is 9.49. The molecule has 2 unspecified atom stereocenters. The Morgan fingerprint density at radius 3 is 1.54 bits per heavy atom. The van der Waals surface area contributed by atoms with Gasteiger partial charge in [-0.1, -0.05) is 20.7 Å². The highest BCUT2D eigenvalue weighted by Gasteiger charge is 2.48. The number of benzene rings is 2. The van der Waals surface area contributed by atoms with Gasteiger partial charge in [-0.15, -0.1) is 0 Å². The smallest absolute Gasteiger partial charge is 0.354 e. The molecular weight excluding hydrogens is 895 g/mol. The van der Waals surface area contributed by atoms with Crippen LogP contribution in [0.15, 0.2) is 61.2 Å². The number of aryl methyl sites for hydroxylation is 2. The lowest BCUT2D eigenvalue weighted by Gasteiger charge is -2.32. The molecule has 0 bridgehead atoms. The van der Waals surface area contributed by atoms with E-state index in [1.807, 2.05) is 26.0 Å². The van der Waals surface area contributed by atoms with Crippen LogP contribution < -0.4 is 4.70 Å². The van der Waals surface area contributed by atoms with Gasteiger partial charge in [0.25, 0.3) is 5.79 Å². The van der Waals surface area contributed by atoms with Crippen LogP contribution in [0.1, 0.15) is 83.7 Å². The molecule has 8 rings (SSSR count). The second kappa shape index (κ2) is 18.0. The molecule has 5 heterocycles. The number of nitrogens with zero attached hydrogens (tertiary/aromatic N) is 4. The van der Waals surface area contributed by atoms with Crippen molar-refractivity contribution >= 4 is 48.0 Å². The maximum atomic E-state index is 15.0. The van der Waals surface area contributed by atoms with E-state index in [-0.39, 0.29) is 48.3 Å². The van der Waals surface area contributed by atoms with Gasteiger partial charge in [0.2, 0.25) is 11.8 Å². The van der Waals surface area contributed by atoms with Crippen molar-refractivity contribution in [3.63, 3.8) is 0 Å². The molecule has 17 heteroatoms. The van der Waals surface area contributed by atoms with Crippen molar-refractivity contribution in [2.75, 3.05) is 13.1 Å². The second-order valence-corrected chi connectivity index (χ2v) is 17.6. The molecule has 312 valence electrons. The van der Waals surface area contributed by atoms with Gasteiger partial charge in [-0.3, -0.25) is 19.6 Å². The van der Waals surface area contributed by atoms with E-state index in [4.69, 9.17) is 9.47 Å². The van der Waals surface area contributed by atoms with E-state index >= 15 is 8.78 Å². The average molecular weight is 934 g/mol. The quantitative estimate of drug-likeness (QED) is 0.117.